The zero-order valence-electron chi connectivity index (χ0n) is 14.0. The lowest BCUT2D eigenvalue weighted by atomic mass is 9.97. The van der Waals surface area contributed by atoms with Crippen molar-refractivity contribution >= 4 is 18.2 Å². The molecule has 2 aromatic rings. The molecule has 0 aliphatic carbocycles. The topological polar surface area (TPSA) is 63.1 Å². The summed E-state index contributed by atoms with van der Waals surface area (Å²) in [5.74, 6) is 0.697. The lowest BCUT2D eigenvalue weighted by molar-refractivity contribution is -0.147. The third-order valence-electron chi connectivity index (χ3n) is 4.47. The number of hydrogen-bond acceptors (Lipinski definition) is 5. The van der Waals surface area contributed by atoms with E-state index < -0.39 is 0 Å². The highest BCUT2D eigenvalue weighted by Gasteiger charge is 2.25. The van der Waals surface area contributed by atoms with Crippen LogP contribution in [0.3, 0.4) is 0 Å². The summed E-state index contributed by atoms with van der Waals surface area (Å²) < 4.78 is 7.25. The molecular formula is C17H22N4O2S. The lowest BCUT2D eigenvalue weighted by Crippen LogP contribution is -2.38. The average molecular weight is 346 g/mol. The van der Waals surface area contributed by atoms with Crippen LogP contribution in [0.2, 0.25) is 0 Å². The number of likely N-dealkylation sites (tertiary alicyclic amines) is 1. The molecule has 1 N–H and O–H groups in total. The minimum absolute atomic E-state index is 0.0177. The number of ether oxygens (including phenoxy) is 1. The van der Waals surface area contributed by atoms with Gasteiger partial charge in [0.2, 0.25) is 4.77 Å². The van der Waals surface area contributed by atoms with E-state index in [1.807, 2.05) is 16.8 Å². The monoisotopic (exact) mass is 346 g/mol. The number of methoxy groups -OCH3 is 1. The SMILES string of the molecule is COC(=O)C1CCN(Cn2[nH]c(-c3ccc(C)cc3)nc2=S)CC1. The van der Waals surface area contributed by atoms with Gasteiger partial charge in [-0.3, -0.25) is 14.8 Å². The molecule has 7 heteroatoms. The van der Waals surface area contributed by atoms with E-state index in [1.54, 1.807) is 0 Å². The van der Waals surface area contributed by atoms with Crippen LogP contribution in [0.1, 0.15) is 18.4 Å². The summed E-state index contributed by atoms with van der Waals surface area (Å²) in [5.41, 5.74) is 2.24. The number of esters is 1. The van der Waals surface area contributed by atoms with Crippen molar-refractivity contribution in [3.63, 3.8) is 0 Å². The van der Waals surface area contributed by atoms with Gasteiger partial charge in [0.1, 0.15) is 0 Å². The number of hydrogen-bond donors (Lipinski definition) is 1. The molecule has 3 rings (SSSR count). The van der Waals surface area contributed by atoms with E-state index in [9.17, 15) is 4.79 Å². The summed E-state index contributed by atoms with van der Waals surface area (Å²) >= 11 is 5.37. The Morgan fingerprint density at radius 1 is 1.33 bits per heavy atom. The number of aromatic amines is 1. The van der Waals surface area contributed by atoms with Crippen molar-refractivity contribution < 1.29 is 9.53 Å². The van der Waals surface area contributed by atoms with Crippen LogP contribution in [0.25, 0.3) is 11.4 Å². The highest BCUT2D eigenvalue weighted by Crippen LogP contribution is 2.20. The number of aryl methyl sites for hydroxylation is 1. The van der Waals surface area contributed by atoms with Gasteiger partial charge < -0.3 is 4.74 Å². The minimum atomic E-state index is -0.102. The van der Waals surface area contributed by atoms with Crippen molar-refractivity contribution in [2.24, 2.45) is 5.92 Å². The summed E-state index contributed by atoms with van der Waals surface area (Å²) in [4.78, 5) is 18.3. The van der Waals surface area contributed by atoms with Gasteiger partial charge in [0.25, 0.3) is 0 Å². The number of nitrogens with zero attached hydrogens (tertiary/aromatic N) is 3. The number of rotatable bonds is 4. The smallest absolute Gasteiger partial charge is 0.308 e. The van der Waals surface area contributed by atoms with Crippen molar-refractivity contribution in [3.8, 4) is 11.4 Å². The fourth-order valence-corrected chi connectivity index (χ4v) is 3.16. The van der Waals surface area contributed by atoms with Crippen LogP contribution >= 0.6 is 12.2 Å². The van der Waals surface area contributed by atoms with Crippen molar-refractivity contribution in [3.05, 3.63) is 34.6 Å². The number of nitrogens with one attached hydrogen (secondary N) is 1. The first-order chi connectivity index (χ1) is 11.6. The largest absolute Gasteiger partial charge is 0.469 e. The molecular weight excluding hydrogens is 324 g/mol. The molecule has 0 amide bonds. The standard InChI is InChI=1S/C17H22N4O2S/c1-12-3-5-13(6-4-12)15-18-17(24)21(19-15)11-20-9-7-14(8-10-20)16(22)23-2/h3-6,14H,7-11H2,1-2H3,(H,18,19,24). The number of piperidine rings is 1. The van der Waals surface area contributed by atoms with Crippen LogP contribution in [0.4, 0.5) is 0 Å². The Balaban J connectivity index is 1.65. The van der Waals surface area contributed by atoms with Gasteiger partial charge >= 0.3 is 5.97 Å². The highest BCUT2D eigenvalue weighted by molar-refractivity contribution is 7.71. The Labute approximate surface area is 146 Å². The van der Waals surface area contributed by atoms with Crippen LogP contribution in [0.5, 0.6) is 0 Å². The van der Waals surface area contributed by atoms with E-state index in [-0.39, 0.29) is 11.9 Å². The summed E-state index contributed by atoms with van der Waals surface area (Å²) in [6.45, 7) is 4.41. The molecule has 1 aliphatic heterocycles. The fraction of sp³-hybridized carbons (Fsp3) is 0.471. The van der Waals surface area contributed by atoms with Gasteiger partial charge in [-0.1, -0.05) is 29.8 Å². The quantitative estimate of drug-likeness (QED) is 0.681. The molecule has 0 bridgehead atoms. The normalized spacial score (nSPS) is 16.2. The zero-order chi connectivity index (χ0) is 17.1. The predicted molar refractivity (Wildman–Crippen MR) is 93.9 cm³/mol. The molecule has 1 fully saturated rings. The summed E-state index contributed by atoms with van der Waals surface area (Å²) in [6, 6.07) is 8.19. The molecule has 2 heterocycles. The van der Waals surface area contributed by atoms with Gasteiger partial charge in [-0.15, -0.1) is 0 Å². The summed E-state index contributed by atoms with van der Waals surface area (Å²) in [7, 11) is 1.45. The average Bonchev–Trinajstić information content (AvgIpc) is 2.96. The first-order valence-electron chi connectivity index (χ1n) is 8.11. The second kappa shape index (κ2) is 7.27. The third kappa shape index (κ3) is 3.73. The van der Waals surface area contributed by atoms with Gasteiger partial charge in [-0.25, -0.2) is 4.68 Å². The van der Waals surface area contributed by atoms with Crippen LogP contribution in [0, 0.1) is 17.6 Å². The molecule has 0 saturated carbocycles. The maximum absolute atomic E-state index is 11.6. The lowest BCUT2D eigenvalue weighted by Gasteiger charge is -2.30. The fourth-order valence-electron chi connectivity index (χ4n) is 2.97. The molecule has 1 saturated heterocycles. The van der Waals surface area contributed by atoms with Gasteiger partial charge in [0.15, 0.2) is 5.82 Å². The number of aromatic nitrogens is 3. The van der Waals surface area contributed by atoms with Crippen molar-refractivity contribution in [1.82, 2.24) is 19.7 Å². The Kier molecular flexibility index (Phi) is 5.11. The Morgan fingerprint density at radius 2 is 2.00 bits per heavy atom. The minimum Gasteiger partial charge on any atom is -0.469 e. The molecule has 1 aromatic carbocycles. The summed E-state index contributed by atoms with van der Waals surface area (Å²) in [6.07, 6.45) is 1.64. The van der Waals surface area contributed by atoms with E-state index in [2.05, 4.69) is 34.0 Å². The van der Waals surface area contributed by atoms with Crippen molar-refractivity contribution in [1.29, 1.82) is 0 Å². The summed E-state index contributed by atoms with van der Waals surface area (Å²) in [5, 5.41) is 3.28. The van der Waals surface area contributed by atoms with E-state index in [0.29, 0.717) is 11.4 Å². The van der Waals surface area contributed by atoms with E-state index >= 15 is 0 Å². The van der Waals surface area contributed by atoms with E-state index in [1.165, 1.54) is 12.7 Å². The van der Waals surface area contributed by atoms with Crippen LogP contribution in [-0.4, -0.2) is 45.8 Å². The molecule has 6 nitrogen and oxygen atoms in total. The number of carbonyl (C=O) groups is 1. The van der Waals surface area contributed by atoms with Crippen LogP contribution in [-0.2, 0) is 16.2 Å². The van der Waals surface area contributed by atoms with Gasteiger partial charge in [-0.05, 0) is 32.0 Å². The molecule has 1 aromatic heterocycles. The van der Waals surface area contributed by atoms with Crippen molar-refractivity contribution in [2.75, 3.05) is 20.2 Å². The first-order valence-corrected chi connectivity index (χ1v) is 8.51. The van der Waals surface area contributed by atoms with Crippen LogP contribution in [0.15, 0.2) is 24.3 Å². The molecule has 0 unspecified atom stereocenters. The van der Waals surface area contributed by atoms with E-state index in [4.69, 9.17) is 17.0 Å². The highest BCUT2D eigenvalue weighted by atomic mass is 32.1. The second-order valence-electron chi connectivity index (χ2n) is 6.21. The first kappa shape index (κ1) is 16.9. The van der Waals surface area contributed by atoms with Crippen LogP contribution < -0.4 is 0 Å². The third-order valence-corrected chi connectivity index (χ3v) is 4.78. The second-order valence-corrected chi connectivity index (χ2v) is 6.57. The Bertz CT molecular complexity index is 758. The maximum atomic E-state index is 11.6. The maximum Gasteiger partial charge on any atom is 0.308 e. The zero-order valence-corrected chi connectivity index (χ0v) is 14.8. The number of carbonyl (C=O) groups excluding carboxylic acids is 1. The molecule has 128 valence electrons. The number of H-pyrrole nitrogens is 1. The molecule has 1 aliphatic rings. The number of benzene rings is 1. The Hall–Kier alpha value is -1.99. The van der Waals surface area contributed by atoms with E-state index in [0.717, 1.165) is 37.3 Å². The predicted octanol–water partition coefficient (Wildman–Crippen LogP) is 2.76. The van der Waals surface area contributed by atoms with Gasteiger partial charge in [0, 0.05) is 18.7 Å². The molecule has 0 atom stereocenters. The van der Waals surface area contributed by atoms with Gasteiger partial charge in [0.05, 0.1) is 19.7 Å². The van der Waals surface area contributed by atoms with Crippen molar-refractivity contribution in [2.45, 2.75) is 26.4 Å². The molecule has 0 radical (unpaired) electrons. The Morgan fingerprint density at radius 3 is 2.62 bits per heavy atom. The molecule has 0 spiro atoms. The molecule has 24 heavy (non-hydrogen) atoms. The van der Waals surface area contributed by atoms with Gasteiger partial charge in [-0.2, -0.15) is 4.98 Å².